The van der Waals surface area contributed by atoms with E-state index in [-0.39, 0.29) is 17.7 Å². The second-order valence-electron chi connectivity index (χ2n) is 3.63. The van der Waals surface area contributed by atoms with Gasteiger partial charge in [0, 0.05) is 18.9 Å². The molecule has 1 rings (SSSR count). The molecule has 17 heavy (non-hydrogen) atoms. The molecule has 8 heteroatoms. The number of hydrogen-bond donors (Lipinski definition) is 3. The molecular weight excluding hydrogens is 249 g/mol. The molecule has 0 saturated carbocycles. The normalized spacial score (nSPS) is 21.0. The summed E-state index contributed by atoms with van der Waals surface area (Å²) in [4.78, 5) is 45.6. The van der Waals surface area contributed by atoms with Crippen LogP contribution in [0.2, 0.25) is 0 Å². The van der Waals surface area contributed by atoms with Gasteiger partial charge in [0.1, 0.15) is 0 Å². The van der Waals surface area contributed by atoms with Crippen LogP contribution in [0.1, 0.15) is 33.1 Å². The fourth-order valence-electron chi connectivity index (χ4n) is 1.61. The molecule has 1 saturated heterocycles. The molecule has 100 valence electrons. The Hall–Kier alpha value is -0.750. The molecule has 7 nitrogen and oxygen atoms in total. The van der Waals surface area contributed by atoms with E-state index in [1.165, 1.54) is 4.90 Å². The van der Waals surface area contributed by atoms with E-state index in [4.69, 9.17) is 19.2 Å². The summed E-state index contributed by atoms with van der Waals surface area (Å²) < 4.78 is 8.88. The van der Waals surface area contributed by atoms with E-state index in [1.807, 2.05) is 13.8 Å². The molecule has 3 N–H and O–H groups in total. The molecule has 2 amide bonds. The predicted octanol–water partition coefficient (Wildman–Crippen LogP) is 0.253. The van der Waals surface area contributed by atoms with Crippen molar-refractivity contribution >= 4 is 19.6 Å². The van der Waals surface area contributed by atoms with Crippen LogP contribution >= 0.6 is 7.82 Å². The zero-order valence-electron chi connectivity index (χ0n) is 9.87. The molecule has 1 fully saturated rings. The Morgan fingerprint density at radius 1 is 1.29 bits per heavy atom. The van der Waals surface area contributed by atoms with Crippen molar-refractivity contribution in [1.29, 1.82) is 0 Å². The van der Waals surface area contributed by atoms with Gasteiger partial charge in [0.2, 0.25) is 11.8 Å². The highest BCUT2D eigenvalue weighted by molar-refractivity contribution is 7.45. The third kappa shape index (κ3) is 6.53. The van der Waals surface area contributed by atoms with Crippen LogP contribution in [0.25, 0.3) is 0 Å². The quantitative estimate of drug-likeness (QED) is 0.488. The van der Waals surface area contributed by atoms with E-state index >= 15 is 0 Å². The van der Waals surface area contributed by atoms with E-state index in [9.17, 15) is 9.59 Å². The Morgan fingerprint density at radius 3 is 2.12 bits per heavy atom. The van der Waals surface area contributed by atoms with E-state index in [0.717, 1.165) is 12.8 Å². The summed E-state index contributed by atoms with van der Waals surface area (Å²) in [5.74, 6) is 0.103. The van der Waals surface area contributed by atoms with Crippen LogP contribution in [-0.4, -0.2) is 37.9 Å². The molecule has 0 radical (unpaired) electrons. The molecule has 0 aromatic carbocycles. The first-order valence-electron chi connectivity index (χ1n) is 5.33. The maximum Gasteiger partial charge on any atom is 0.466 e. The Labute approximate surface area is 99.7 Å². The molecular formula is C9H18NO6P. The molecule has 1 heterocycles. The number of hydrogen-bond acceptors (Lipinski definition) is 3. The van der Waals surface area contributed by atoms with Crippen molar-refractivity contribution in [3.8, 4) is 0 Å². The van der Waals surface area contributed by atoms with Gasteiger partial charge >= 0.3 is 7.82 Å². The number of phosphoric acid groups is 1. The SMILES string of the molecule is CCC1CCC(=O)N(CC)C1=O.O=P(O)(O)O. The zero-order valence-corrected chi connectivity index (χ0v) is 10.8. The highest BCUT2D eigenvalue weighted by Gasteiger charge is 2.31. The van der Waals surface area contributed by atoms with Crippen LogP contribution in [0.4, 0.5) is 0 Å². The monoisotopic (exact) mass is 267 g/mol. The Bertz CT molecular complexity index is 317. The third-order valence-electron chi connectivity index (χ3n) is 2.43. The van der Waals surface area contributed by atoms with Crippen LogP contribution in [0.3, 0.4) is 0 Å². The van der Waals surface area contributed by atoms with Crippen molar-refractivity contribution in [2.45, 2.75) is 33.1 Å². The van der Waals surface area contributed by atoms with Crippen LogP contribution < -0.4 is 0 Å². The maximum absolute atomic E-state index is 11.5. The van der Waals surface area contributed by atoms with Gasteiger partial charge in [-0.3, -0.25) is 14.5 Å². The number of carbonyl (C=O) groups excluding carboxylic acids is 2. The Kier molecular flexibility index (Phi) is 6.56. The van der Waals surface area contributed by atoms with Crippen LogP contribution in [-0.2, 0) is 14.2 Å². The molecule has 0 aromatic heterocycles. The first-order valence-corrected chi connectivity index (χ1v) is 6.89. The number of amides is 2. The minimum Gasteiger partial charge on any atom is -0.303 e. The van der Waals surface area contributed by atoms with Crippen LogP contribution in [0.5, 0.6) is 0 Å². The minimum absolute atomic E-state index is 0.00722. The molecule has 1 aliphatic rings. The number of piperidine rings is 1. The lowest BCUT2D eigenvalue weighted by Gasteiger charge is -2.28. The summed E-state index contributed by atoms with van der Waals surface area (Å²) in [5, 5.41) is 0. The lowest BCUT2D eigenvalue weighted by atomic mass is 9.94. The van der Waals surface area contributed by atoms with Gasteiger partial charge in [-0.2, -0.15) is 0 Å². The summed E-state index contributed by atoms with van der Waals surface area (Å²) in [5.41, 5.74) is 0. The van der Waals surface area contributed by atoms with Crippen molar-refractivity contribution in [3.63, 3.8) is 0 Å². The highest BCUT2D eigenvalue weighted by Crippen LogP contribution is 2.25. The number of nitrogens with zero attached hydrogens (tertiary/aromatic N) is 1. The maximum atomic E-state index is 11.5. The van der Waals surface area contributed by atoms with E-state index < -0.39 is 7.82 Å². The summed E-state index contributed by atoms with van der Waals surface area (Å²) in [6.45, 7) is 4.36. The van der Waals surface area contributed by atoms with Gasteiger partial charge in [-0.05, 0) is 19.8 Å². The van der Waals surface area contributed by atoms with Crippen LogP contribution in [0, 0.1) is 5.92 Å². The Morgan fingerprint density at radius 2 is 1.76 bits per heavy atom. The molecule has 0 aromatic rings. The predicted molar refractivity (Wildman–Crippen MR) is 59.7 cm³/mol. The molecule has 0 bridgehead atoms. The molecule has 1 unspecified atom stereocenters. The fourth-order valence-corrected chi connectivity index (χ4v) is 1.61. The summed E-state index contributed by atoms with van der Waals surface area (Å²) in [6, 6.07) is 0. The topological polar surface area (TPSA) is 115 Å². The number of likely N-dealkylation sites (tertiary alicyclic amines) is 1. The van der Waals surface area contributed by atoms with E-state index in [1.54, 1.807) is 0 Å². The van der Waals surface area contributed by atoms with Crippen molar-refractivity contribution in [1.82, 2.24) is 4.90 Å². The average Bonchev–Trinajstić information content (AvgIpc) is 2.16. The largest absolute Gasteiger partial charge is 0.466 e. The fraction of sp³-hybridized carbons (Fsp3) is 0.778. The van der Waals surface area contributed by atoms with Crippen molar-refractivity contribution in [3.05, 3.63) is 0 Å². The lowest BCUT2D eigenvalue weighted by molar-refractivity contribution is -0.151. The zero-order chi connectivity index (χ0) is 13.6. The number of imide groups is 1. The number of rotatable bonds is 2. The summed E-state index contributed by atoms with van der Waals surface area (Å²) in [7, 11) is -4.64. The number of carbonyl (C=O) groups is 2. The van der Waals surface area contributed by atoms with Crippen molar-refractivity contribution in [2.75, 3.05) is 6.54 Å². The smallest absolute Gasteiger partial charge is 0.303 e. The summed E-state index contributed by atoms with van der Waals surface area (Å²) in [6.07, 6.45) is 2.13. The van der Waals surface area contributed by atoms with E-state index in [0.29, 0.717) is 13.0 Å². The lowest BCUT2D eigenvalue weighted by Crippen LogP contribution is -2.44. The second-order valence-corrected chi connectivity index (χ2v) is 4.66. The third-order valence-corrected chi connectivity index (χ3v) is 2.43. The van der Waals surface area contributed by atoms with Gasteiger partial charge in [0.05, 0.1) is 0 Å². The molecule has 1 aliphatic heterocycles. The standard InChI is InChI=1S/C9H15NO2.H3O4P/c1-3-7-5-6-8(11)10(4-2)9(7)12;1-5(2,3)4/h7H,3-6H2,1-2H3;(H3,1,2,3,4). The van der Waals surface area contributed by atoms with Crippen molar-refractivity contribution < 1.29 is 28.8 Å². The van der Waals surface area contributed by atoms with E-state index in [2.05, 4.69) is 0 Å². The van der Waals surface area contributed by atoms with Gasteiger partial charge in [-0.1, -0.05) is 6.92 Å². The molecule has 0 aliphatic carbocycles. The van der Waals surface area contributed by atoms with Gasteiger partial charge in [-0.25, -0.2) is 4.57 Å². The molecule has 1 atom stereocenters. The van der Waals surface area contributed by atoms with Gasteiger partial charge in [0.25, 0.3) is 0 Å². The highest BCUT2D eigenvalue weighted by atomic mass is 31.2. The van der Waals surface area contributed by atoms with Crippen LogP contribution in [0.15, 0.2) is 0 Å². The average molecular weight is 267 g/mol. The van der Waals surface area contributed by atoms with Gasteiger partial charge < -0.3 is 14.7 Å². The van der Waals surface area contributed by atoms with Crippen molar-refractivity contribution in [2.24, 2.45) is 5.92 Å². The first kappa shape index (κ1) is 16.2. The second kappa shape index (κ2) is 6.86. The first-order chi connectivity index (χ1) is 7.70. The van der Waals surface area contributed by atoms with Gasteiger partial charge in [-0.15, -0.1) is 0 Å². The minimum atomic E-state index is -4.64. The summed E-state index contributed by atoms with van der Waals surface area (Å²) >= 11 is 0. The molecule has 0 spiro atoms. The van der Waals surface area contributed by atoms with Gasteiger partial charge in [0.15, 0.2) is 0 Å². The Balaban J connectivity index is 0.000000437.